The fourth-order valence-electron chi connectivity index (χ4n) is 2.85. The molecular weight excluding hydrogens is 348 g/mol. The van der Waals surface area contributed by atoms with E-state index in [4.69, 9.17) is 18.9 Å². The summed E-state index contributed by atoms with van der Waals surface area (Å²) in [4.78, 5) is 21.1. The molecule has 0 spiro atoms. The lowest BCUT2D eigenvalue weighted by Gasteiger charge is -2.36. The van der Waals surface area contributed by atoms with Crippen LogP contribution in [0.5, 0.6) is 0 Å². The van der Waals surface area contributed by atoms with Gasteiger partial charge in [-0.05, 0) is 31.9 Å². The van der Waals surface area contributed by atoms with Crippen molar-refractivity contribution in [2.75, 3.05) is 66.2 Å². The van der Waals surface area contributed by atoms with Crippen LogP contribution in [0.2, 0.25) is 0 Å². The highest BCUT2D eigenvalue weighted by Crippen LogP contribution is 2.09. The molecule has 1 amide bonds. The molecular formula is C19H32N4O4. The molecule has 1 aromatic rings. The fraction of sp³-hybridized carbons (Fsp3) is 0.684. The Morgan fingerprint density at radius 1 is 1.19 bits per heavy atom. The molecule has 1 saturated heterocycles. The van der Waals surface area contributed by atoms with Crippen molar-refractivity contribution in [3.8, 4) is 0 Å². The topological polar surface area (TPSA) is 79.5 Å². The third-order valence-corrected chi connectivity index (χ3v) is 4.32. The molecule has 1 N–H and O–H groups in total. The lowest BCUT2D eigenvalue weighted by molar-refractivity contribution is 0.0657. The molecule has 0 aliphatic carbocycles. The van der Waals surface area contributed by atoms with Gasteiger partial charge in [0.15, 0.2) is 11.7 Å². The van der Waals surface area contributed by atoms with Crippen LogP contribution in [0.25, 0.3) is 0 Å². The highest BCUT2D eigenvalue weighted by atomic mass is 16.5. The van der Waals surface area contributed by atoms with Gasteiger partial charge in [-0.3, -0.25) is 9.79 Å². The van der Waals surface area contributed by atoms with Crippen LogP contribution in [-0.2, 0) is 9.47 Å². The zero-order valence-electron chi connectivity index (χ0n) is 16.5. The van der Waals surface area contributed by atoms with Crippen molar-refractivity contribution in [3.63, 3.8) is 0 Å². The van der Waals surface area contributed by atoms with E-state index in [0.29, 0.717) is 32.1 Å². The summed E-state index contributed by atoms with van der Waals surface area (Å²) >= 11 is 0. The van der Waals surface area contributed by atoms with E-state index in [1.165, 1.54) is 6.26 Å². The van der Waals surface area contributed by atoms with E-state index in [0.717, 1.165) is 51.6 Å². The molecule has 0 aromatic carbocycles. The number of unbranched alkanes of at least 4 members (excludes halogenated alkanes) is 1. The smallest absolute Gasteiger partial charge is 0.289 e. The molecule has 8 heteroatoms. The Balaban J connectivity index is 1.72. The van der Waals surface area contributed by atoms with E-state index in [1.54, 1.807) is 19.2 Å². The number of guanidine groups is 1. The second-order valence-corrected chi connectivity index (χ2v) is 6.30. The molecule has 0 unspecified atom stereocenters. The molecule has 1 aliphatic heterocycles. The van der Waals surface area contributed by atoms with E-state index >= 15 is 0 Å². The van der Waals surface area contributed by atoms with Crippen LogP contribution in [0.3, 0.4) is 0 Å². The summed E-state index contributed by atoms with van der Waals surface area (Å²) in [5.74, 6) is 1.27. The molecule has 0 atom stereocenters. The van der Waals surface area contributed by atoms with Crippen LogP contribution in [0.1, 0.15) is 30.3 Å². The number of ether oxygens (including phenoxy) is 2. The first-order valence-electron chi connectivity index (χ1n) is 9.69. The summed E-state index contributed by atoms with van der Waals surface area (Å²) in [6, 6.07) is 3.45. The van der Waals surface area contributed by atoms with Crippen molar-refractivity contribution < 1.29 is 18.7 Å². The summed E-state index contributed by atoms with van der Waals surface area (Å²) in [5.41, 5.74) is 0. The van der Waals surface area contributed by atoms with Crippen LogP contribution in [0, 0.1) is 0 Å². The van der Waals surface area contributed by atoms with Gasteiger partial charge in [0.25, 0.3) is 5.91 Å². The monoisotopic (exact) mass is 380 g/mol. The number of nitrogens with zero attached hydrogens (tertiary/aromatic N) is 3. The molecule has 0 bridgehead atoms. The quantitative estimate of drug-likeness (QED) is 0.376. The third kappa shape index (κ3) is 7.22. The van der Waals surface area contributed by atoms with E-state index < -0.39 is 0 Å². The Hall–Kier alpha value is -2.06. The number of aliphatic imine (C=N–C) groups is 1. The maximum atomic E-state index is 12.3. The predicted molar refractivity (Wildman–Crippen MR) is 104 cm³/mol. The Kier molecular flexibility index (Phi) is 9.72. The van der Waals surface area contributed by atoms with Crippen molar-refractivity contribution in [1.82, 2.24) is 15.1 Å². The van der Waals surface area contributed by atoms with E-state index in [9.17, 15) is 4.79 Å². The number of piperazine rings is 1. The number of carbonyl (C=O) groups is 1. The molecule has 2 rings (SSSR count). The minimum absolute atomic E-state index is 0.0462. The first-order valence-corrected chi connectivity index (χ1v) is 9.69. The summed E-state index contributed by atoms with van der Waals surface area (Å²) in [6.07, 6.45) is 3.50. The molecule has 0 radical (unpaired) electrons. The number of hydrogen-bond donors (Lipinski definition) is 1. The van der Waals surface area contributed by atoms with Crippen molar-refractivity contribution >= 4 is 11.9 Å². The van der Waals surface area contributed by atoms with Crippen molar-refractivity contribution in [2.24, 2.45) is 4.99 Å². The normalized spacial score (nSPS) is 15.3. The average Bonchev–Trinajstić information content (AvgIpc) is 3.23. The Morgan fingerprint density at radius 2 is 1.96 bits per heavy atom. The number of rotatable bonds is 10. The van der Waals surface area contributed by atoms with Crippen molar-refractivity contribution in [2.45, 2.75) is 19.8 Å². The molecule has 1 aromatic heterocycles. The van der Waals surface area contributed by atoms with E-state index in [-0.39, 0.29) is 5.91 Å². The van der Waals surface area contributed by atoms with Gasteiger partial charge in [-0.15, -0.1) is 0 Å². The molecule has 8 nitrogen and oxygen atoms in total. The predicted octanol–water partition coefficient (Wildman–Crippen LogP) is 1.45. The number of carbonyl (C=O) groups excluding carboxylic acids is 1. The van der Waals surface area contributed by atoms with Crippen LogP contribution in [0.4, 0.5) is 0 Å². The van der Waals surface area contributed by atoms with Crippen molar-refractivity contribution in [1.29, 1.82) is 0 Å². The second kappa shape index (κ2) is 12.3. The number of methoxy groups -OCH3 is 1. The molecule has 0 saturated carbocycles. The Labute approximate surface area is 161 Å². The first kappa shape index (κ1) is 21.2. The van der Waals surface area contributed by atoms with Crippen LogP contribution in [0.15, 0.2) is 27.8 Å². The van der Waals surface area contributed by atoms with Gasteiger partial charge in [0, 0.05) is 53.0 Å². The molecule has 152 valence electrons. The summed E-state index contributed by atoms with van der Waals surface area (Å²) in [5, 5.41) is 3.35. The number of furan rings is 1. The molecule has 27 heavy (non-hydrogen) atoms. The SMILES string of the molecule is CCNC(=NCCCCOCCOC)N1CCN(C(=O)c2ccco2)CC1. The first-order chi connectivity index (χ1) is 13.3. The lowest BCUT2D eigenvalue weighted by Crippen LogP contribution is -2.53. The largest absolute Gasteiger partial charge is 0.459 e. The molecule has 2 heterocycles. The molecule has 1 fully saturated rings. The summed E-state index contributed by atoms with van der Waals surface area (Å²) < 4.78 is 15.6. The zero-order chi connectivity index (χ0) is 19.3. The number of hydrogen-bond acceptors (Lipinski definition) is 5. The number of nitrogens with one attached hydrogen (secondary N) is 1. The highest BCUT2D eigenvalue weighted by molar-refractivity contribution is 5.91. The standard InChI is InChI=1S/C19H32N4O4/c1-3-20-19(21-8-4-5-13-26-16-15-25-2)23-11-9-22(10-12-23)18(24)17-7-6-14-27-17/h6-7,14H,3-5,8-13,15-16H2,1-2H3,(H,20,21). The van der Waals surface area contributed by atoms with Gasteiger partial charge in [-0.25, -0.2) is 0 Å². The minimum Gasteiger partial charge on any atom is -0.459 e. The van der Waals surface area contributed by atoms with E-state index in [1.807, 2.05) is 4.90 Å². The maximum Gasteiger partial charge on any atom is 0.289 e. The van der Waals surface area contributed by atoms with Crippen LogP contribution >= 0.6 is 0 Å². The van der Waals surface area contributed by atoms with Gasteiger partial charge >= 0.3 is 0 Å². The van der Waals surface area contributed by atoms with Crippen LogP contribution in [-0.4, -0.2) is 87.9 Å². The molecule has 1 aliphatic rings. The third-order valence-electron chi connectivity index (χ3n) is 4.32. The fourth-order valence-corrected chi connectivity index (χ4v) is 2.85. The second-order valence-electron chi connectivity index (χ2n) is 6.30. The summed E-state index contributed by atoms with van der Waals surface area (Å²) in [7, 11) is 1.67. The van der Waals surface area contributed by atoms with E-state index in [2.05, 4.69) is 17.1 Å². The minimum atomic E-state index is -0.0462. The maximum absolute atomic E-state index is 12.3. The Morgan fingerprint density at radius 3 is 2.63 bits per heavy atom. The van der Waals surface area contributed by atoms with Crippen molar-refractivity contribution in [3.05, 3.63) is 24.2 Å². The summed E-state index contributed by atoms with van der Waals surface area (Å²) in [6.45, 7) is 8.52. The number of amides is 1. The van der Waals surface area contributed by atoms with Crippen LogP contribution < -0.4 is 5.32 Å². The van der Waals surface area contributed by atoms with Gasteiger partial charge in [-0.2, -0.15) is 0 Å². The lowest BCUT2D eigenvalue weighted by atomic mass is 10.3. The highest BCUT2D eigenvalue weighted by Gasteiger charge is 2.25. The van der Waals surface area contributed by atoms with Gasteiger partial charge in [-0.1, -0.05) is 0 Å². The van der Waals surface area contributed by atoms with Gasteiger partial charge in [0.05, 0.1) is 19.5 Å². The zero-order valence-corrected chi connectivity index (χ0v) is 16.5. The Bertz CT molecular complexity index is 554. The average molecular weight is 380 g/mol. The van der Waals surface area contributed by atoms with Gasteiger partial charge in [0.2, 0.25) is 0 Å². The van der Waals surface area contributed by atoms with Gasteiger partial charge in [0.1, 0.15) is 0 Å². The van der Waals surface area contributed by atoms with Gasteiger partial charge < -0.3 is 29.0 Å².